The molecule has 0 radical (unpaired) electrons. The summed E-state index contributed by atoms with van der Waals surface area (Å²) in [7, 11) is 0. The fraction of sp³-hybridized carbons (Fsp3) is 1.00. The highest BCUT2D eigenvalue weighted by molar-refractivity contribution is 4.97. The van der Waals surface area contributed by atoms with Gasteiger partial charge in [0.15, 0.2) is 0 Å². The highest BCUT2D eigenvalue weighted by atomic mass is 14.5. The van der Waals surface area contributed by atoms with Crippen molar-refractivity contribution in [3.63, 3.8) is 0 Å². The van der Waals surface area contributed by atoms with Gasteiger partial charge in [-0.25, -0.2) is 0 Å². The first-order valence-corrected chi connectivity index (χ1v) is 8.62. The first-order chi connectivity index (χ1) is 8.62. The molecule has 0 heterocycles. The van der Waals surface area contributed by atoms with Gasteiger partial charge in [-0.3, -0.25) is 0 Å². The zero-order chi connectivity index (χ0) is 14.3. The van der Waals surface area contributed by atoms with E-state index in [9.17, 15) is 0 Å². The summed E-state index contributed by atoms with van der Waals surface area (Å²) in [5, 5.41) is 0. The Kier molecular flexibility index (Phi) is 4.11. The van der Waals surface area contributed by atoms with Gasteiger partial charge >= 0.3 is 0 Å². The van der Waals surface area contributed by atoms with Crippen molar-refractivity contribution in [3.05, 3.63) is 0 Å². The van der Waals surface area contributed by atoms with Crippen molar-refractivity contribution in [2.75, 3.05) is 0 Å². The standard InChI is InChI=1S/C19H36/c1-17(2,3)15-12-16(18(4,5)6)14-19(13-15)10-8-7-9-11-19/h15-16H,7-14H2,1-6H3. The predicted molar refractivity (Wildman–Crippen MR) is 85.3 cm³/mol. The lowest BCUT2D eigenvalue weighted by atomic mass is 9.52. The monoisotopic (exact) mass is 264 g/mol. The van der Waals surface area contributed by atoms with Gasteiger partial charge in [-0.2, -0.15) is 0 Å². The zero-order valence-electron chi connectivity index (χ0n) is 14.3. The van der Waals surface area contributed by atoms with Crippen molar-refractivity contribution >= 4 is 0 Å². The molecular weight excluding hydrogens is 228 g/mol. The van der Waals surface area contributed by atoms with E-state index in [4.69, 9.17) is 0 Å². The molecule has 0 heteroatoms. The van der Waals surface area contributed by atoms with E-state index in [2.05, 4.69) is 41.5 Å². The second-order valence-electron chi connectivity index (χ2n) is 9.83. The fourth-order valence-corrected chi connectivity index (χ4v) is 4.67. The van der Waals surface area contributed by atoms with Crippen molar-refractivity contribution in [1.29, 1.82) is 0 Å². The maximum absolute atomic E-state index is 2.47. The van der Waals surface area contributed by atoms with E-state index in [0.717, 1.165) is 11.8 Å². The number of hydrogen-bond acceptors (Lipinski definition) is 0. The Morgan fingerprint density at radius 1 is 0.684 bits per heavy atom. The van der Waals surface area contributed by atoms with Crippen LogP contribution in [0.25, 0.3) is 0 Å². The van der Waals surface area contributed by atoms with Crippen molar-refractivity contribution in [1.82, 2.24) is 0 Å². The Morgan fingerprint density at radius 2 is 1.11 bits per heavy atom. The Bertz CT molecular complexity index is 269. The minimum Gasteiger partial charge on any atom is -0.0599 e. The minimum absolute atomic E-state index is 0.494. The molecule has 0 aromatic heterocycles. The van der Waals surface area contributed by atoms with Gasteiger partial charge in [-0.15, -0.1) is 0 Å². The van der Waals surface area contributed by atoms with Crippen molar-refractivity contribution < 1.29 is 0 Å². The fourth-order valence-electron chi connectivity index (χ4n) is 4.67. The van der Waals surface area contributed by atoms with Crippen LogP contribution in [0.2, 0.25) is 0 Å². The van der Waals surface area contributed by atoms with Crippen LogP contribution in [-0.4, -0.2) is 0 Å². The second-order valence-corrected chi connectivity index (χ2v) is 9.83. The molecule has 112 valence electrons. The van der Waals surface area contributed by atoms with Crippen LogP contribution in [0.15, 0.2) is 0 Å². The van der Waals surface area contributed by atoms with E-state index in [1.165, 1.54) is 51.4 Å². The molecule has 2 fully saturated rings. The van der Waals surface area contributed by atoms with Gasteiger partial charge in [-0.05, 0) is 60.2 Å². The molecule has 2 aliphatic carbocycles. The van der Waals surface area contributed by atoms with Crippen molar-refractivity contribution in [2.45, 2.75) is 92.9 Å². The van der Waals surface area contributed by atoms with E-state index in [1.807, 2.05) is 0 Å². The summed E-state index contributed by atoms with van der Waals surface area (Å²) in [6, 6.07) is 0. The molecule has 0 aliphatic heterocycles. The summed E-state index contributed by atoms with van der Waals surface area (Å²) in [5.41, 5.74) is 1.70. The Balaban J connectivity index is 2.21. The second kappa shape index (κ2) is 5.08. The third-order valence-electron chi connectivity index (χ3n) is 6.29. The number of hydrogen-bond donors (Lipinski definition) is 0. The molecule has 0 N–H and O–H groups in total. The molecule has 2 rings (SSSR count). The first kappa shape index (κ1) is 15.4. The van der Waals surface area contributed by atoms with Gasteiger partial charge in [0.2, 0.25) is 0 Å². The molecule has 19 heavy (non-hydrogen) atoms. The van der Waals surface area contributed by atoms with Crippen LogP contribution in [-0.2, 0) is 0 Å². The lowest BCUT2D eigenvalue weighted by Crippen LogP contribution is -2.42. The SMILES string of the molecule is CC(C)(C)C1CC(C(C)(C)C)CC2(CCCCC2)C1. The van der Waals surface area contributed by atoms with Gasteiger partial charge < -0.3 is 0 Å². The van der Waals surface area contributed by atoms with Gasteiger partial charge in [-0.1, -0.05) is 60.8 Å². The van der Waals surface area contributed by atoms with Crippen LogP contribution < -0.4 is 0 Å². The molecule has 2 unspecified atom stereocenters. The highest BCUT2D eigenvalue weighted by Crippen LogP contribution is 2.57. The minimum atomic E-state index is 0.494. The van der Waals surface area contributed by atoms with Gasteiger partial charge in [0.25, 0.3) is 0 Å². The Labute approximate surface area is 121 Å². The molecule has 0 aromatic rings. The third-order valence-corrected chi connectivity index (χ3v) is 6.29. The van der Waals surface area contributed by atoms with Crippen LogP contribution in [0, 0.1) is 28.1 Å². The molecule has 0 amide bonds. The van der Waals surface area contributed by atoms with E-state index in [1.54, 1.807) is 0 Å². The molecule has 2 aliphatic rings. The summed E-state index contributed by atoms with van der Waals surface area (Å²) >= 11 is 0. The van der Waals surface area contributed by atoms with E-state index >= 15 is 0 Å². The quantitative estimate of drug-likeness (QED) is 0.472. The normalized spacial score (nSPS) is 32.5. The molecule has 0 saturated heterocycles. The van der Waals surface area contributed by atoms with Crippen LogP contribution in [0.3, 0.4) is 0 Å². The first-order valence-electron chi connectivity index (χ1n) is 8.62. The third kappa shape index (κ3) is 3.56. The number of rotatable bonds is 0. The molecule has 0 aromatic carbocycles. The van der Waals surface area contributed by atoms with Crippen molar-refractivity contribution in [3.8, 4) is 0 Å². The highest BCUT2D eigenvalue weighted by Gasteiger charge is 2.46. The largest absolute Gasteiger partial charge is 0.0599 e. The van der Waals surface area contributed by atoms with E-state index in [0.29, 0.717) is 16.2 Å². The lowest BCUT2D eigenvalue weighted by molar-refractivity contribution is -0.0241. The van der Waals surface area contributed by atoms with Crippen LogP contribution in [0.1, 0.15) is 92.9 Å². The van der Waals surface area contributed by atoms with E-state index < -0.39 is 0 Å². The Hall–Kier alpha value is 0. The molecule has 1 spiro atoms. The molecular formula is C19H36. The zero-order valence-corrected chi connectivity index (χ0v) is 14.3. The van der Waals surface area contributed by atoms with E-state index in [-0.39, 0.29) is 0 Å². The van der Waals surface area contributed by atoms with Crippen LogP contribution in [0.4, 0.5) is 0 Å². The molecule has 2 atom stereocenters. The van der Waals surface area contributed by atoms with Gasteiger partial charge in [0.1, 0.15) is 0 Å². The predicted octanol–water partition coefficient (Wildman–Crippen LogP) is 6.45. The average Bonchev–Trinajstić information content (AvgIpc) is 2.27. The lowest BCUT2D eigenvalue weighted by Gasteiger charge is -2.53. The van der Waals surface area contributed by atoms with Gasteiger partial charge in [0.05, 0.1) is 0 Å². The summed E-state index contributed by atoms with van der Waals surface area (Å²) in [5.74, 6) is 1.87. The van der Waals surface area contributed by atoms with Crippen LogP contribution >= 0.6 is 0 Å². The maximum atomic E-state index is 2.47. The summed E-state index contributed by atoms with van der Waals surface area (Å²) in [6.07, 6.45) is 12.0. The molecule has 0 bridgehead atoms. The Morgan fingerprint density at radius 3 is 1.47 bits per heavy atom. The molecule has 0 nitrogen and oxygen atoms in total. The maximum Gasteiger partial charge on any atom is -0.0292 e. The average molecular weight is 264 g/mol. The van der Waals surface area contributed by atoms with Crippen molar-refractivity contribution in [2.24, 2.45) is 28.1 Å². The topological polar surface area (TPSA) is 0 Å². The summed E-state index contributed by atoms with van der Waals surface area (Å²) < 4.78 is 0. The molecule has 2 saturated carbocycles. The summed E-state index contributed by atoms with van der Waals surface area (Å²) in [4.78, 5) is 0. The van der Waals surface area contributed by atoms with Crippen LogP contribution in [0.5, 0.6) is 0 Å². The smallest absolute Gasteiger partial charge is 0.0292 e. The van der Waals surface area contributed by atoms with Gasteiger partial charge in [0, 0.05) is 0 Å². The summed E-state index contributed by atoms with van der Waals surface area (Å²) in [6.45, 7) is 14.8.